The molecule has 0 aliphatic rings. The molecule has 27 heavy (non-hydrogen) atoms. The van der Waals surface area contributed by atoms with Gasteiger partial charge in [0, 0.05) is 36.3 Å². The Morgan fingerprint density at radius 2 is 1.96 bits per heavy atom. The van der Waals surface area contributed by atoms with Crippen molar-refractivity contribution in [1.82, 2.24) is 14.7 Å². The Hall–Kier alpha value is -3.41. The maximum atomic E-state index is 13.0. The lowest BCUT2D eigenvalue weighted by atomic mass is 10.1. The summed E-state index contributed by atoms with van der Waals surface area (Å²) in [6.07, 6.45) is 3.54. The van der Waals surface area contributed by atoms with Crippen LogP contribution in [0.4, 0.5) is 4.39 Å². The summed E-state index contributed by atoms with van der Waals surface area (Å²) in [5.74, 6) is 0.447. The Labute approximate surface area is 155 Å². The highest BCUT2D eigenvalue weighted by atomic mass is 19.1. The van der Waals surface area contributed by atoms with Crippen molar-refractivity contribution in [3.05, 3.63) is 83.6 Å². The van der Waals surface area contributed by atoms with Crippen molar-refractivity contribution in [2.45, 2.75) is 13.5 Å². The minimum absolute atomic E-state index is 0.0784. The molecule has 0 aliphatic heterocycles. The van der Waals surface area contributed by atoms with Crippen molar-refractivity contribution in [3.63, 3.8) is 0 Å². The summed E-state index contributed by atoms with van der Waals surface area (Å²) in [7, 11) is 1.75. The fraction of sp³-hybridized carbons (Fsp3) is 0.143. The van der Waals surface area contributed by atoms with Crippen LogP contribution in [-0.2, 0) is 6.54 Å². The van der Waals surface area contributed by atoms with E-state index in [1.54, 1.807) is 41.0 Å². The molecule has 0 N–H and O–H groups in total. The number of carbonyl (C=O) groups is 1. The van der Waals surface area contributed by atoms with Gasteiger partial charge in [-0.1, -0.05) is 0 Å². The summed E-state index contributed by atoms with van der Waals surface area (Å²) in [4.78, 5) is 14.4. The monoisotopic (exact) mass is 363 g/mol. The molecule has 136 valence electrons. The molecule has 2 heterocycles. The third kappa shape index (κ3) is 3.46. The van der Waals surface area contributed by atoms with Crippen LogP contribution in [0.2, 0.25) is 0 Å². The molecule has 0 fully saturated rings. The van der Waals surface area contributed by atoms with Crippen LogP contribution in [0.3, 0.4) is 0 Å². The summed E-state index contributed by atoms with van der Waals surface area (Å²) >= 11 is 0. The molecule has 2 aromatic carbocycles. The quantitative estimate of drug-likeness (QED) is 0.542. The van der Waals surface area contributed by atoms with Crippen LogP contribution in [0.25, 0.3) is 16.7 Å². The average molecular weight is 363 g/mol. The topological polar surface area (TPSA) is 51.3 Å². The first-order valence-electron chi connectivity index (χ1n) is 8.55. The zero-order valence-electron chi connectivity index (χ0n) is 15.0. The second-order valence-corrected chi connectivity index (χ2v) is 6.54. The number of fused-ring (bicyclic) bond motifs is 1. The average Bonchev–Trinajstić information content (AvgIpc) is 3.26. The number of furan rings is 1. The van der Waals surface area contributed by atoms with E-state index in [0.29, 0.717) is 12.1 Å². The Morgan fingerprint density at radius 1 is 1.19 bits per heavy atom. The lowest BCUT2D eigenvalue weighted by Gasteiger charge is -2.16. The number of aromatic nitrogens is 2. The van der Waals surface area contributed by atoms with Gasteiger partial charge in [-0.2, -0.15) is 5.10 Å². The van der Waals surface area contributed by atoms with Gasteiger partial charge in [-0.05, 0) is 55.5 Å². The highest BCUT2D eigenvalue weighted by molar-refractivity contribution is 5.97. The Bertz CT molecular complexity index is 1110. The Morgan fingerprint density at radius 3 is 2.74 bits per heavy atom. The molecule has 0 radical (unpaired) electrons. The van der Waals surface area contributed by atoms with E-state index < -0.39 is 0 Å². The SMILES string of the molecule is Cc1cc2cc(C(=O)N(C)Cc3cnn(-c4ccc(F)cc4)c3)ccc2o1. The van der Waals surface area contributed by atoms with E-state index in [1.807, 2.05) is 31.3 Å². The zero-order chi connectivity index (χ0) is 19.0. The summed E-state index contributed by atoms with van der Waals surface area (Å²) in [6, 6.07) is 13.4. The number of hydrogen-bond acceptors (Lipinski definition) is 3. The highest BCUT2D eigenvalue weighted by Gasteiger charge is 2.14. The Balaban J connectivity index is 1.50. The van der Waals surface area contributed by atoms with E-state index >= 15 is 0 Å². The zero-order valence-corrected chi connectivity index (χ0v) is 15.0. The number of nitrogens with zero attached hydrogens (tertiary/aromatic N) is 3. The van der Waals surface area contributed by atoms with Crippen molar-refractivity contribution in [2.75, 3.05) is 7.05 Å². The van der Waals surface area contributed by atoms with E-state index in [9.17, 15) is 9.18 Å². The molecule has 0 aliphatic carbocycles. The van der Waals surface area contributed by atoms with Gasteiger partial charge in [-0.3, -0.25) is 4.79 Å². The normalized spacial score (nSPS) is 11.1. The van der Waals surface area contributed by atoms with E-state index in [4.69, 9.17) is 4.42 Å². The molecule has 0 saturated carbocycles. The van der Waals surface area contributed by atoms with Gasteiger partial charge in [-0.25, -0.2) is 9.07 Å². The van der Waals surface area contributed by atoms with Crippen LogP contribution in [-0.4, -0.2) is 27.6 Å². The molecule has 0 bridgehead atoms. The van der Waals surface area contributed by atoms with Crippen LogP contribution >= 0.6 is 0 Å². The van der Waals surface area contributed by atoms with Gasteiger partial charge in [0.15, 0.2) is 0 Å². The molecular weight excluding hydrogens is 345 g/mol. The molecule has 2 aromatic heterocycles. The van der Waals surface area contributed by atoms with Crippen LogP contribution in [0.15, 0.2) is 65.3 Å². The van der Waals surface area contributed by atoms with Crippen molar-refractivity contribution >= 4 is 16.9 Å². The number of halogens is 1. The van der Waals surface area contributed by atoms with Crippen LogP contribution in [0.5, 0.6) is 0 Å². The van der Waals surface area contributed by atoms with Crippen molar-refractivity contribution in [2.24, 2.45) is 0 Å². The lowest BCUT2D eigenvalue weighted by Crippen LogP contribution is -2.25. The summed E-state index contributed by atoms with van der Waals surface area (Å²) in [5, 5.41) is 5.20. The van der Waals surface area contributed by atoms with Gasteiger partial charge >= 0.3 is 0 Å². The standard InChI is InChI=1S/C21H18FN3O2/c1-14-9-17-10-16(3-8-20(17)27-14)21(26)24(2)12-15-11-23-25(13-15)19-6-4-18(22)5-7-19/h3-11,13H,12H2,1-2H3. The fourth-order valence-electron chi connectivity index (χ4n) is 3.05. The predicted octanol–water partition coefficient (Wildman–Crippen LogP) is 4.34. The first-order chi connectivity index (χ1) is 13.0. The number of rotatable bonds is 4. The minimum atomic E-state index is -0.291. The number of aryl methyl sites for hydroxylation is 1. The molecule has 0 spiro atoms. The number of amides is 1. The third-order valence-electron chi connectivity index (χ3n) is 4.38. The number of benzene rings is 2. The first-order valence-corrected chi connectivity index (χ1v) is 8.55. The Kier molecular flexibility index (Phi) is 4.24. The van der Waals surface area contributed by atoms with Crippen LogP contribution in [0.1, 0.15) is 21.7 Å². The largest absolute Gasteiger partial charge is 0.461 e. The second-order valence-electron chi connectivity index (χ2n) is 6.54. The van der Waals surface area contributed by atoms with Crippen molar-refractivity contribution in [3.8, 4) is 5.69 Å². The van der Waals surface area contributed by atoms with E-state index in [1.165, 1.54) is 12.1 Å². The van der Waals surface area contributed by atoms with E-state index in [2.05, 4.69) is 5.10 Å². The van der Waals surface area contributed by atoms with Crippen LogP contribution in [0, 0.1) is 12.7 Å². The predicted molar refractivity (Wildman–Crippen MR) is 100 cm³/mol. The molecule has 0 atom stereocenters. The van der Waals surface area contributed by atoms with Gasteiger partial charge < -0.3 is 9.32 Å². The second kappa shape index (κ2) is 6.72. The third-order valence-corrected chi connectivity index (χ3v) is 4.38. The summed E-state index contributed by atoms with van der Waals surface area (Å²) in [5.41, 5.74) is 3.02. The van der Waals surface area contributed by atoms with Crippen molar-refractivity contribution in [1.29, 1.82) is 0 Å². The van der Waals surface area contributed by atoms with E-state index in [0.717, 1.165) is 28.0 Å². The molecule has 4 rings (SSSR count). The minimum Gasteiger partial charge on any atom is -0.461 e. The van der Waals surface area contributed by atoms with Gasteiger partial charge in [0.05, 0.1) is 11.9 Å². The molecule has 0 saturated heterocycles. The van der Waals surface area contributed by atoms with Crippen LogP contribution < -0.4 is 0 Å². The molecule has 5 nitrogen and oxygen atoms in total. The maximum absolute atomic E-state index is 13.0. The first kappa shape index (κ1) is 17.0. The maximum Gasteiger partial charge on any atom is 0.253 e. The van der Waals surface area contributed by atoms with Gasteiger partial charge in [-0.15, -0.1) is 0 Å². The highest BCUT2D eigenvalue weighted by Crippen LogP contribution is 2.21. The van der Waals surface area contributed by atoms with Gasteiger partial charge in [0.2, 0.25) is 0 Å². The molecule has 1 amide bonds. The van der Waals surface area contributed by atoms with E-state index in [-0.39, 0.29) is 11.7 Å². The fourth-order valence-corrected chi connectivity index (χ4v) is 3.05. The smallest absolute Gasteiger partial charge is 0.253 e. The van der Waals surface area contributed by atoms with Gasteiger partial charge in [0.1, 0.15) is 17.2 Å². The molecule has 4 aromatic rings. The number of hydrogen-bond donors (Lipinski definition) is 0. The number of carbonyl (C=O) groups excluding carboxylic acids is 1. The summed E-state index contributed by atoms with van der Waals surface area (Å²) in [6.45, 7) is 2.30. The molecule has 0 unspecified atom stereocenters. The van der Waals surface area contributed by atoms with Crippen molar-refractivity contribution < 1.29 is 13.6 Å². The summed E-state index contributed by atoms with van der Waals surface area (Å²) < 4.78 is 20.3. The lowest BCUT2D eigenvalue weighted by molar-refractivity contribution is 0.0785. The molecular formula is C21H18FN3O2. The molecule has 6 heteroatoms. The van der Waals surface area contributed by atoms with Gasteiger partial charge in [0.25, 0.3) is 5.91 Å².